The minimum Gasteiger partial charge on any atom is -0.619 e. The van der Waals surface area contributed by atoms with E-state index in [9.17, 15) is 10.0 Å². The minimum atomic E-state index is -0.120. The molecule has 0 atom stereocenters. The van der Waals surface area contributed by atoms with Crippen molar-refractivity contribution in [2.45, 2.75) is 18.9 Å². The average molecular weight is 300 g/mol. The molecule has 7 nitrogen and oxygen atoms in total. The number of ether oxygens (including phenoxy) is 1. The molecular formula is C15H16N4O3. The van der Waals surface area contributed by atoms with Crippen LogP contribution in [0.15, 0.2) is 43.1 Å². The summed E-state index contributed by atoms with van der Waals surface area (Å²) < 4.78 is 6.40. The predicted molar refractivity (Wildman–Crippen MR) is 77.0 cm³/mol. The maximum absolute atomic E-state index is 12.3. The molecule has 0 bridgehead atoms. The Morgan fingerprint density at radius 1 is 1.36 bits per heavy atom. The van der Waals surface area contributed by atoms with E-state index in [-0.39, 0.29) is 12.0 Å². The van der Waals surface area contributed by atoms with E-state index in [0.29, 0.717) is 29.3 Å². The number of carbonyl (C=O) groups is 1. The van der Waals surface area contributed by atoms with Gasteiger partial charge in [-0.05, 0) is 6.07 Å². The van der Waals surface area contributed by atoms with Crippen molar-refractivity contribution in [3.05, 3.63) is 53.9 Å². The number of amides is 1. The van der Waals surface area contributed by atoms with Crippen LogP contribution in [-0.2, 0) is 0 Å². The number of piperidine rings is 1. The number of nitrogens with zero attached hydrogens (tertiary/aromatic N) is 4. The van der Waals surface area contributed by atoms with Gasteiger partial charge < -0.3 is 14.8 Å². The van der Waals surface area contributed by atoms with Crippen LogP contribution in [0, 0.1) is 5.21 Å². The van der Waals surface area contributed by atoms with Crippen molar-refractivity contribution < 1.29 is 14.3 Å². The topological polar surface area (TPSA) is 82.3 Å². The second kappa shape index (κ2) is 6.38. The van der Waals surface area contributed by atoms with E-state index in [1.54, 1.807) is 29.3 Å². The SMILES string of the molecule is O=C(c1ccc[n+]([O-])c1)N1CCC(Oc2ccncn2)CC1. The number of hydrogen-bond acceptors (Lipinski definition) is 5. The standard InChI is InChI=1S/C15H16N4O3/c20-15(12-2-1-7-19(21)10-12)18-8-4-13(5-9-18)22-14-3-6-16-11-17-14/h1-3,6-7,10-11,13H,4-5,8-9H2. The lowest BCUT2D eigenvalue weighted by Crippen LogP contribution is -2.42. The van der Waals surface area contributed by atoms with E-state index in [0.717, 1.165) is 12.8 Å². The summed E-state index contributed by atoms with van der Waals surface area (Å²) in [7, 11) is 0. The van der Waals surface area contributed by atoms with Crippen LogP contribution in [-0.4, -0.2) is 40.0 Å². The third-order valence-electron chi connectivity index (χ3n) is 3.59. The van der Waals surface area contributed by atoms with Gasteiger partial charge in [0.05, 0.1) is 0 Å². The highest BCUT2D eigenvalue weighted by molar-refractivity contribution is 5.93. The highest BCUT2D eigenvalue weighted by atomic mass is 16.5. The second-order valence-electron chi connectivity index (χ2n) is 5.11. The summed E-state index contributed by atoms with van der Waals surface area (Å²) in [5.41, 5.74) is 0.410. The molecule has 2 aromatic rings. The lowest BCUT2D eigenvalue weighted by molar-refractivity contribution is -0.605. The van der Waals surface area contributed by atoms with Crippen molar-refractivity contribution in [1.82, 2.24) is 14.9 Å². The van der Waals surface area contributed by atoms with Gasteiger partial charge in [-0.25, -0.2) is 9.97 Å². The van der Waals surface area contributed by atoms with Crippen molar-refractivity contribution in [3.8, 4) is 5.88 Å². The molecule has 1 aliphatic heterocycles. The molecular weight excluding hydrogens is 284 g/mol. The number of pyridine rings is 1. The van der Waals surface area contributed by atoms with Crippen molar-refractivity contribution in [2.24, 2.45) is 0 Å². The maximum atomic E-state index is 12.3. The lowest BCUT2D eigenvalue weighted by atomic mass is 10.1. The van der Waals surface area contributed by atoms with Crippen LogP contribution >= 0.6 is 0 Å². The van der Waals surface area contributed by atoms with Gasteiger partial charge in [-0.15, -0.1) is 0 Å². The molecule has 0 spiro atoms. The third-order valence-corrected chi connectivity index (χ3v) is 3.59. The van der Waals surface area contributed by atoms with Gasteiger partial charge in [0.15, 0.2) is 12.4 Å². The van der Waals surface area contributed by atoms with Crippen LogP contribution < -0.4 is 9.47 Å². The Balaban J connectivity index is 1.56. The summed E-state index contributed by atoms with van der Waals surface area (Å²) in [6, 6.07) is 4.94. The lowest BCUT2D eigenvalue weighted by Gasteiger charge is -2.31. The van der Waals surface area contributed by atoms with Gasteiger partial charge >= 0.3 is 0 Å². The monoisotopic (exact) mass is 300 g/mol. The van der Waals surface area contributed by atoms with Gasteiger partial charge in [-0.1, -0.05) is 0 Å². The van der Waals surface area contributed by atoms with Crippen molar-refractivity contribution in [3.63, 3.8) is 0 Å². The van der Waals surface area contributed by atoms with E-state index < -0.39 is 0 Å². The van der Waals surface area contributed by atoms with Crippen molar-refractivity contribution in [1.29, 1.82) is 0 Å². The second-order valence-corrected chi connectivity index (χ2v) is 5.11. The Bertz CT molecular complexity index is 642. The third kappa shape index (κ3) is 3.30. The van der Waals surface area contributed by atoms with E-state index >= 15 is 0 Å². The largest absolute Gasteiger partial charge is 0.619 e. The van der Waals surface area contributed by atoms with Gasteiger partial charge in [0.1, 0.15) is 18.0 Å². The molecule has 22 heavy (non-hydrogen) atoms. The van der Waals surface area contributed by atoms with Crippen LogP contribution in [0.3, 0.4) is 0 Å². The van der Waals surface area contributed by atoms with E-state index in [1.807, 2.05) is 0 Å². The van der Waals surface area contributed by atoms with Gasteiger partial charge in [-0.2, -0.15) is 4.73 Å². The molecule has 2 aromatic heterocycles. The number of rotatable bonds is 3. The molecule has 1 amide bonds. The van der Waals surface area contributed by atoms with E-state index in [2.05, 4.69) is 9.97 Å². The van der Waals surface area contributed by atoms with Gasteiger partial charge in [0, 0.05) is 44.3 Å². The molecule has 0 unspecified atom stereocenters. The molecule has 1 fully saturated rings. The van der Waals surface area contributed by atoms with E-state index in [4.69, 9.17) is 4.74 Å². The molecule has 0 radical (unpaired) electrons. The minimum absolute atomic E-state index is 0.0409. The first-order valence-electron chi connectivity index (χ1n) is 7.13. The zero-order chi connectivity index (χ0) is 15.4. The zero-order valence-electron chi connectivity index (χ0n) is 12.0. The van der Waals surface area contributed by atoms with Crippen LogP contribution in [0.25, 0.3) is 0 Å². The Morgan fingerprint density at radius 3 is 2.86 bits per heavy atom. The molecule has 0 saturated carbocycles. The highest BCUT2D eigenvalue weighted by Gasteiger charge is 2.25. The van der Waals surface area contributed by atoms with E-state index in [1.165, 1.54) is 18.7 Å². The molecule has 0 aromatic carbocycles. The first-order chi connectivity index (χ1) is 10.7. The molecule has 0 aliphatic carbocycles. The molecule has 0 N–H and O–H groups in total. The number of carbonyl (C=O) groups excluding carboxylic acids is 1. The zero-order valence-corrected chi connectivity index (χ0v) is 12.0. The fourth-order valence-corrected chi connectivity index (χ4v) is 2.46. The maximum Gasteiger partial charge on any atom is 0.259 e. The normalized spacial score (nSPS) is 15.5. The summed E-state index contributed by atoms with van der Waals surface area (Å²) in [4.78, 5) is 22.0. The number of likely N-dealkylation sites (tertiary alicyclic amines) is 1. The van der Waals surface area contributed by atoms with Gasteiger partial charge in [0.25, 0.3) is 5.91 Å². The Kier molecular flexibility index (Phi) is 4.13. The molecule has 7 heteroatoms. The van der Waals surface area contributed by atoms with Crippen molar-refractivity contribution >= 4 is 5.91 Å². The van der Waals surface area contributed by atoms with Crippen LogP contribution in [0.5, 0.6) is 5.88 Å². The van der Waals surface area contributed by atoms with Crippen LogP contribution in [0.4, 0.5) is 0 Å². The quantitative estimate of drug-likeness (QED) is 0.618. The molecule has 114 valence electrons. The Hall–Kier alpha value is -2.70. The average Bonchev–Trinajstić information content (AvgIpc) is 2.56. The summed E-state index contributed by atoms with van der Waals surface area (Å²) in [6.07, 6.45) is 7.25. The molecule has 3 heterocycles. The smallest absolute Gasteiger partial charge is 0.259 e. The summed E-state index contributed by atoms with van der Waals surface area (Å²) in [5.74, 6) is 0.431. The Labute approximate surface area is 127 Å². The number of hydrogen-bond donors (Lipinski definition) is 0. The summed E-state index contributed by atoms with van der Waals surface area (Å²) in [5, 5.41) is 11.2. The van der Waals surface area contributed by atoms with Crippen LogP contribution in [0.2, 0.25) is 0 Å². The van der Waals surface area contributed by atoms with Crippen molar-refractivity contribution in [2.75, 3.05) is 13.1 Å². The fourth-order valence-electron chi connectivity index (χ4n) is 2.46. The molecule has 3 rings (SSSR count). The molecule has 1 saturated heterocycles. The number of aromatic nitrogens is 3. The van der Waals surface area contributed by atoms with Gasteiger partial charge in [-0.3, -0.25) is 4.79 Å². The predicted octanol–water partition coefficient (Wildman–Crippen LogP) is 0.794. The first kappa shape index (κ1) is 14.2. The first-order valence-corrected chi connectivity index (χ1v) is 7.13. The Morgan fingerprint density at radius 2 is 2.18 bits per heavy atom. The fraction of sp³-hybridized carbons (Fsp3) is 0.333. The summed E-state index contributed by atoms with van der Waals surface area (Å²) >= 11 is 0. The molecule has 1 aliphatic rings. The summed E-state index contributed by atoms with van der Waals surface area (Å²) in [6.45, 7) is 1.20. The highest BCUT2D eigenvalue weighted by Crippen LogP contribution is 2.18. The van der Waals surface area contributed by atoms with Crippen LogP contribution in [0.1, 0.15) is 23.2 Å². The van der Waals surface area contributed by atoms with Gasteiger partial charge in [0.2, 0.25) is 5.88 Å².